The van der Waals surface area contributed by atoms with Gasteiger partial charge in [-0.25, -0.2) is 13.4 Å². The highest BCUT2D eigenvalue weighted by atomic mass is 32.2. The summed E-state index contributed by atoms with van der Waals surface area (Å²) in [6.07, 6.45) is 7.08. The van der Waals surface area contributed by atoms with Crippen LogP contribution in [-0.4, -0.2) is 60.3 Å². The lowest BCUT2D eigenvalue weighted by atomic mass is 10.1. The number of hydrogen-bond acceptors (Lipinski definition) is 5. The Balaban J connectivity index is 1.51. The summed E-state index contributed by atoms with van der Waals surface area (Å²) in [6, 6.07) is -0.139. The van der Waals surface area contributed by atoms with E-state index >= 15 is 0 Å². The van der Waals surface area contributed by atoms with Crippen molar-refractivity contribution < 1.29 is 17.9 Å². The lowest BCUT2D eigenvalue weighted by Gasteiger charge is -2.37. The topological polar surface area (TPSA) is 73.7 Å². The van der Waals surface area contributed by atoms with Crippen LogP contribution >= 0.6 is 0 Å². The van der Waals surface area contributed by atoms with Crippen LogP contribution in [0.5, 0.6) is 0 Å². The summed E-state index contributed by atoms with van der Waals surface area (Å²) in [4.78, 5) is 4.02. The zero-order valence-corrected chi connectivity index (χ0v) is 14.1. The minimum atomic E-state index is -3.57. The van der Waals surface area contributed by atoms with Crippen LogP contribution in [0.4, 0.5) is 0 Å². The average Bonchev–Trinajstić information content (AvgIpc) is 3.10. The fourth-order valence-corrected chi connectivity index (χ4v) is 5.16. The molecule has 3 atom stereocenters. The molecule has 128 valence electrons. The van der Waals surface area contributed by atoms with Gasteiger partial charge in [-0.05, 0) is 31.6 Å². The van der Waals surface area contributed by atoms with E-state index in [0.717, 1.165) is 19.4 Å². The lowest BCUT2D eigenvalue weighted by molar-refractivity contribution is -0.0977. The quantitative estimate of drug-likeness (QED) is 0.791. The Labute approximate surface area is 136 Å². The second-order valence-corrected chi connectivity index (χ2v) is 8.63. The van der Waals surface area contributed by atoms with E-state index in [2.05, 4.69) is 4.98 Å². The molecule has 8 heteroatoms. The fourth-order valence-electron chi connectivity index (χ4n) is 3.55. The summed E-state index contributed by atoms with van der Waals surface area (Å²) in [6.45, 7) is 1.58. The Morgan fingerprint density at radius 2 is 2.17 bits per heavy atom. The van der Waals surface area contributed by atoms with E-state index in [0.29, 0.717) is 19.1 Å². The SMILES string of the molecule is Cn1cnc(S(=O)(=O)N2CCO[C@H]3[C@@H](OCC4CC4)CC[C@@H]32)c1. The van der Waals surface area contributed by atoms with Gasteiger partial charge in [-0.3, -0.25) is 0 Å². The molecule has 0 amide bonds. The molecule has 3 aliphatic rings. The van der Waals surface area contributed by atoms with Gasteiger partial charge in [-0.2, -0.15) is 4.31 Å². The summed E-state index contributed by atoms with van der Waals surface area (Å²) in [5, 5.41) is 0.114. The molecule has 0 N–H and O–H groups in total. The van der Waals surface area contributed by atoms with Gasteiger partial charge in [-0.15, -0.1) is 0 Å². The van der Waals surface area contributed by atoms with Crippen LogP contribution in [0.15, 0.2) is 17.6 Å². The van der Waals surface area contributed by atoms with E-state index in [1.54, 1.807) is 22.1 Å². The Morgan fingerprint density at radius 1 is 1.35 bits per heavy atom. The number of fused-ring (bicyclic) bond motifs is 1. The fraction of sp³-hybridized carbons (Fsp3) is 0.800. The number of aromatic nitrogens is 2. The molecule has 2 heterocycles. The van der Waals surface area contributed by atoms with Crippen molar-refractivity contribution in [1.82, 2.24) is 13.9 Å². The molecule has 23 heavy (non-hydrogen) atoms. The number of morpholine rings is 1. The first kappa shape index (κ1) is 15.6. The Kier molecular flexibility index (Phi) is 3.95. The molecule has 2 aliphatic carbocycles. The Morgan fingerprint density at radius 3 is 2.87 bits per heavy atom. The van der Waals surface area contributed by atoms with Crippen molar-refractivity contribution in [1.29, 1.82) is 0 Å². The number of hydrogen-bond donors (Lipinski definition) is 0. The smallest absolute Gasteiger partial charge is 0.262 e. The zero-order chi connectivity index (χ0) is 16.0. The second-order valence-electron chi connectivity index (χ2n) is 6.79. The van der Waals surface area contributed by atoms with Crippen molar-refractivity contribution in [2.24, 2.45) is 13.0 Å². The molecule has 4 rings (SSSR count). The van der Waals surface area contributed by atoms with Gasteiger partial charge >= 0.3 is 0 Å². The predicted octanol–water partition coefficient (Wildman–Crippen LogP) is 0.767. The molecular weight excluding hydrogens is 318 g/mol. The summed E-state index contributed by atoms with van der Waals surface area (Å²) >= 11 is 0. The molecule has 3 fully saturated rings. The van der Waals surface area contributed by atoms with Crippen LogP contribution < -0.4 is 0 Å². The lowest BCUT2D eigenvalue weighted by Crippen LogP contribution is -2.53. The highest BCUT2D eigenvalue weighted by Crippen LogP contribution is 2.36. The van der Waals surface area contributed by atoms with Gasteiger partial charge in [0.1, 0.15) is 6.10 Å². The van der Waals surface area contributed by atoms with Crippen LogP contribution in [0.3, 0.4) is 0 Å². The molecule has 0 spiro atoms. The Hall–Kier alpha value is -0.960. The molecule has 1 aromatic heterocycles. The molecule has 0 aromatic carbocycles. The molecule has 7 nitrogen and oxygen atoms in total. The van der Waals surface area contributed by atoms with Crippen LogP contribution in [-0.2, 0) is 26.5 Å². The number of aryl methyl sites for hydroxylation is 1. The molecule has 0 radical (unpaired) electrons. The summed E-state index contributed by atoms with van der Waals surface area (Å²) in [5.74, 6) is 0.700. The van der Waals surface area contributed by atoms with Crippen molar-refractivity contribution in [3.63, 3.8) is 0 Å². The molecule has 0 bridgehead atoms. The number of imidazole rings is 1. The van der Waals surface area contributed by atoms with Gasteiger partial charge in [0.25, 0.3) is 10.0 Å². The van der Waals surface area contributed by atoms with E-state index in [1.807, 2.05) is 0 Å². The average molecular weight is 341 g/mol. The first-order valence-electron chi connectivity index (χ1n) is 8.29. The third kappa shape index (κ3) is 2.93. The third-order valence-corrected chi connectivity index (χ3v) is 6.79. The maximum absolute atomic E-state index is 12.9. The first-order valence-corrected chi connectivity index (χ1v) is 9.73. The first-order chi connectivity index (χ1) is 11.1. The molecule has 0 unspecified atom stereocenters. The van der Waals surface area contributed by atoms with E-state index < -0.39 is 10.0 Å². The maximum Gasteiger partial charge on any atom is 0.262 e. The summed E-state index contributed by atoms with van der Waals surface area (Å²) in [5.41, 5.74) is 0. The minimum Gasteiger partial charge on any atom is -0.375 e. The van der Waals surface area contributed by atoms with Crippen LogP contribution in [0, 0.1) is 5.92 Å². The zero-order valence-electron chi connectivity index (χ0n) is 13.3. The molecular formula is C15H23N3O4S. The highest BCUT2D eigenvalue weighted by molar-refractivity contribution is 7.89. The molecule has 1 aromatic rings. The van der Waals surface area contributed by atoms with E-state index in [9.17, 15) is 8.42 Å². The van der Waals surface area contributed by atoms with Crippen LogP contribution in [0.2, 0.25) is 0 Å². The van der Waals surface area contributed by atoms with Gasteiger partial charge in [0.05, 0.1) is 25.1 Å². The molecule has 2 saturated carbocycles. The highest BCUT2D eigenvalue weighted by Gasteiger charge is 2.48. The van der Waals surface area contributed by atoms with Gasteiger partial charge in [0.15, 0.2) is 5.03 Å². The van der Waals surface area contributed by atoms with Crippen LogP contribution in [0.1, 0.15) is 25.7 Å². The van der Waals surface area contributed by atoms with Crippen molar-refractivity contribution in [3.8, 4) is 0 Å². The number of sulfonamides is 1. The van der Waals surface area contributed by atoms with Gasteiger partial charge in [-0.1, -0.05) is 0 Å². The van der Waals surface area contributed by atoms with Crippen molar-refractivity contribution >= 4 is 10.0 Å². The summed E-state index contributed by atoms with van der Waals surface area (Å²) in [7, 11) is -1.80. The third-order valence-electron chi connectivity index (χ3n) is 4.98. The predicted molar refractivity (Wildman–Crippen MR) is 82.3 cm³/mol. The number of ether oxygens (including phenoxy) is 2. The van der Waals surface area contributed by atoms with E-state index in [1.165, 1.54) is 19.2 Å². The van der Waals surface area contributed by atoms with E-state index in [4.69, 9.17) is 9.47 Å². The second kappa shape index (κ2) is 5.84. The van der Waals surface area contributed by atoms with Crippen molar-refractivity contribution in [2.45, 2.75) is 49.0 Å². The Bertz CT molecular complexity index is 670. The minimum absolute atomic E-state index is 0.0160. The number of rotatable bonds is 5. The standard InChI is InChI=1S/C15H23N3O4S/c1-17-8-14(16-10-17)23(19,20)18-6-7-21-15-12(18)4-5-13(15)22-9-11-2-3-11/h8,10-13,15H,2-7,9H2,1H3/t12-,13-,15+/m0/s1. The van der Waals surface area contributed by atoms with Crippen LogP contribution in [0.25, 0.3) is 0 Å². The maximum atomic E-state index is 12.9. The normalized spacial score (nSPS) is 32.1. The molecule has 1 saturated heterocycles. The van der Waals surface area contributed by atoms with Crippen molar-refractivity contribution in [3.05, 3.63) is 12.5 Å². The van der Waals surface area contributed by atoms with Gasteiger partial charge < -0.3 is 14.0 Å². The van der Waals surface area contributed by atoms with Crippen molar-refractivity contribution in [2.75, 3.05) is 19.8 Å². The summed E-state index contributed by atoms with van der Waals surface area (Å²) < 4.78 is 40.9. The van der Waals surface area contributed by atoms with E-state index in [-0.39, 0.29) is 23.3 Å². The van der Waals surface area contributed by atoms with Gasteiger partial charge in [0, 0.05) is 26.4 Å². The van der Waals surface area contributed by atoms with Gasteiger partial charge in [0.2, 0.25) is 0 Å². The number of nitrogens with zero attached hydrogens (tertiary/aromatic N) is 3. The largest absolute Gasteiger partial charge is 0.375 e. The molecule has 1 aliphatic heterocycles. The monoisotopic (exact) mass is 341 g/mol.